The molecule has 0 aliphatic carbocycles. The summed E-state index contributed by atoms with van der Waals surface area (Å²) >= 11 is 0. The third-order valence-corrected chi connectivity index (χ3v) is 4.15. The number of primary amides is 1. The van der Waals surface area contributed by atoms with Crippen molar-refractivity contribution in [1.29, 1.82) is 0 Å². The number of hydrogen-bond donors (Lipinski definition) is 2. The largest absolute Gasteiger partial charge is 0.504 e. The second kappa shape index (κ2) is 5.59. The predicted molar refractivity (Wildman–Crippen MR) is 91.7 cm³/mol. The van der Waals surface area contributed by atoms with Crippen LogP contribution >= 0.6 is 0 Å². The van der Waals surface area contributed by atoms with Crippen molar-refractivity contribution in [3.05, 3.63) is 47.3 Å². The van der Waals surface area contributed by atoms with E-state index in [2.05, 4.69) is 15.0 Å². The fourth-order valence-electron chi connectivity index (χ4n) is 3.07. The van der Waals surface area contributed by atoms with Gasteiger partial charge >= 0.3 is 0 Å². The number of amidine groups is 2. The van der Waals surface area contributed by atoms with Gasteiger partial charge in [0.25, 0.3) is 5.91 Å². The van der Waals surface area contributed by atoms with E-state index in [9.17, 15) is 9.90 Å². The molecular formula is C17H15N5O3. The van der Waals surface area contributed by atoms with E-state index in [0.717, 1.165) is 5.56 Å². The number of aromatic nitrogens is 1. The molecule has 8 heteroatoms. The van der Waals surface area contributed by atoms with Gasteiger partial charge in [-0.15, -0.1) is 0 Å². The van der Waals surface area contributed by atoms with Crippen molar-refractivity contribution in [2.24, 2.45) is 15.7 Å². The lowest BCUT2D eigenvalue weighted by Crippen LogP contribution is -2.39. The number of nitrogens with two attached hydrogens (primary N) is 1. The Kier molecular flexibility index (Phi) is 3.38. The maximum absolute atomic E-state index is 11.8. The molecule has 0 bridgehead atoms. The highest BCUT2D eigenvalue weighted by atomic mass is 16.5. The van der Waals surface area contributed by atoms with Crippen LogP contribution in [-0.2, 0) is 0 Å². The van der Waals surface area contributed by atoms with Gasteiger partial charge in [0.1, 0.15) is 17.2 Å². The third-order valence-electron chi connectivity index (χ3n) is 4.15. The molecule has 0 radical (unpaired) electrons. The average molecular weight is 337 g/mol. The van der Waals surface area contributed by atoms with E-state index in [-0.39, 0.29) is 17.1 Å². The van der Waals surface area contributed by atoms with Crippen molar-refractivity contribution in [3.63, 3.8) is 0 Å². The molecule has 8 nitrogen and oxygen atoms in total. The summed E-state index contributed by atoms with van der Waals surface area (Å²) in [4.78, 5) is 27.2. The first kappa shape index (κ1) is 15.1. The Morgan fingerprint density at radius 2 is 2.16 bits per heavy atom. The lowest BCUT2D eigenvalue weighted by molar-refractivity contribution is 0.0999. The summed E-state index contributed by atoms with van der Waals surface area (Å²) < 4.78 is 5.31. The summed E-state index contributed by atoms with van der Waals surface area (Å²) in [6, 6.07) is 6.55. The van der Waals surface area contributed by atoms with Crippen LogP contribution in [0.4, 0.5) is 5.69 Å². The second-order valence-electron chi connectivity index (χ2n) is 5.57. The van der Waals surface area contributed by atoms with Crippen molar-refractivity contribution in [1.82, 2.24) is 9.88 Å². The number of benzene rings is 1. The number of fused-ring (bicyclic) bond motifs is 3. The zero-order chi connectivity index (χ0) is 17.6. The number of carbonyl (C=O) groups excluding carboxylic acids is 1. The number of amides is 1. The molecule has 0 fully saturated rings. The molecule has 126 valence electrons. The summed E-state index contributed by atoms with van der Waals surface area (Å²) in [5.41, 5.74) is 7.35. The first-order chi connectivity index (χ1) is 12.1. The number of rotatable bonds is 3. The molecule has 0 saturated heterocycles. The molecule has 0 saturated carbocycles. The molecule has 2 aromatic rings. The second-order valence-corrected chi connectivity index (χ2v) is 5.57. The Morgan fingerprint density at radius 1 is 1.32 bits per heavy atom. The first-order valence-electron chi connectivity index (χ1n) is 7.68. The molecule has 1 aromatic heterocycles. The molecule has 0 unspecified atom stereocenters. The first-order valence-corrected chi connectivity index (χ1v) is 7.68. The Bertz CT molecular complexity index is 951. The number of nitrogens with zero attached hydrogens (tertiary/aromatic N) is 4. The van der Waals surface area contributed by atoms with E-state index in [1.807, 2.05) is 4.90 Å². The van der Waals surface area contributed by atoms with Gasteiger partial charge in [0.15, 0.2) is 17.3 Å². The fourth-order valence-corrected chi connectivity index (χ4v) is 3.07. The number of hydrogen-bond acceptors (Lipinski definition) is 7. The van der Waals surface area contributed by atoms with Gasteiger partial charge in [0.05, 0.1) is 19.2 Å². The van der Waals surface area contributed by atoms with Crippen LogP contribution in [0.3, 0.4) is 0 Å². The van der Waals surface area contributed by atoms with E-state index >= 15 is 0 Å². The van der Waals surface area contributed by atoms with E-state index in [4.69, 9.17) is 10.5 Å². The zero-order valence-electron chi connectivity index (χ0n) is 13.4. The lowest BCUT2D eigenvalue weighted by Gasteiger charge is -2.28. The maximum atomic E-state index is 11.8. The molecule has 0 atom stereocenters. The van der Waals surface area contributed by atoms with Crippen molar-refractivity contribution >= 4 is 23.3 Å². The van der Waals surface area contributed by atoms with E-state index in [0.29, 0.717) is 36.1 Å². The molecule has 1 amide bonds. The number of aliphatic imine (C=N–C) groups is 2. The van der Waals surface area contributed by atoms with Gasteiger partial charge in [0, 0.05) is 18.3 Å². The number of methoxy groups -OCH3 is 1. The van der Waals surface area contributed by atoms with Gasteiger partial charge in [-0.1, -0.05) is 0 Å². The van der Waals surface area contributed by atoms with Crippen LogP contribution in [0.2, 0.25) is 0 Å². The van der Waals surface area contributed by atoms with Crippen LogP contribution in [-0.4, -0.2) is 52.8 Å². The van der Waals surface area contributed by atoms with Crippen LogP contribution < -0.4 is 10.5 Å². The van der Waals surface area contributed by atoms with Crippen molar-refractivity contribution < 1.29 is 14.6 Å². The maximum Gasteiger partial charge on any atom is 0.251 e. The van der Waals surface area contributed by atoms with Gasteiger partial charge < -0.3 is 20.5 Å². The number of phenolic OH excluding ortho intramolecular Hbond substituents is 1. The number of pyridine rings is 1. The van der Waals surface area contributed by atoms with Gasteiger partial charge in [-0.25, -0.2) is 4.99 Å². The highest BCUT2D eigenvalue weighted by Gasteiger charge is 2.34. The van der Waals surface area contributed by atoms with E-state index in [1.165, 1.54) is 7.11 Å². The lowest BCUT2D eigenvalue weighted by atomic mass is 10.1. The van der Waals surface area contributed by atoms with Crippen molar-refractivity contribution in [2.75, 3.05) is 20.2 Å². The Balaban J connectivity index is 2.00. The number of phenols is 1. The minimum atomic E-state index is -0.586. The monoisotopic (exact) mass is 337 g/mol. The van der Waals surface area contributed by atoms with Crippen LogP contribution in [0.25, 0.3) is 0 Å². The van der Waals surface area contributed by atoms with Crippen molar-refractivity contribution in [2.45, 2.75) is 0 Å². The molecule has 25 heavy (non-hydrogen) atoms. The molecule has 2 aliphatic heterocycles. The number of carbonyl (C=O) groups is 1. The average Bonchev–Trinajstić information content (AvgIpc) is 3.10. The van der Waals surface area contributed by atoms with Gasteiger partial charge in [-0.2, -0.15) is 0 Å². The van der Waals surface area contributed by atoms with Crippen LogP contribution in [0.1, 0.15) is 21.6 Å². The number of aromatic hydroxyl groups is 1. The van der Waals surface area contributed by atoms with Crippen LogP contribution in [0.15, 0.2) is 40.4 Å². The van der Waals surface area contributed by atoms with Crippen molar-refractivity contribution in [3.8, 4) is 11.5 Å². The minimum Gasteiger partial charge on any atom is -0.504 e. The van der Waals surface area contributed by atoms with Crippen LogP contribution in [0, 0.1) is 0 Å². The summed E-state index contributed by atoms with van der Waals surface area (Å²) in [6.45, 7) is 1.21. The van der Waals surface area contributed by atoms with E-state index < -0.39 is 5.91 Å². The molecule has 0 spiro atoms. The zero-order valence-corrected chi connectivity index (χ0v) is 13.4. The fraction of sp³-hybridized carbons (Fsp3) is 0.176. The highest BCUT2D eigenvalue weighted by Crippen LogP contribution is 2.43. The third kappa shape index (κ3) is 2.22. The topological polar surface area (TPSA) is 113 Å². The standard InChI is InChI=1S/C17H15N5O3/c1-25-14-11(23)5-4-10-12(14)21-17(22-8-7-20-16(10)22)13-9(15(18)24)3-2-6-19-13/h2-6,23H,7-8H2,1H3,(H2,18,24). The van der Waals surface area contributed by atoms with Gasteiger partial charge in [-0.3, -0.25) is 14.8 Å². The minimum absolute atomic E-state index is 0.0208. The molecule has 2 aliphatic rings. The Hall–Kier alpha value is -3.42. The smallest absolute Gasteiger partial charge is 0.251 e. The predicted octanol–water partition coefficient (Wildman–Crippen LogP) is 1.05. The highest BCUT2D eigenvalue weighted by molar-refractivity contribution is 6.22. The SMILES string of the molecule is COc1c(O)ccc2c1N=C(c1ncccc1C(N)=O)N1CCN=C21. The Morgan fingerprint density at radius 3 is 2.92 bits per heavy atom. The molecule has 4 rings (SSSR count). The molecular weight excluding hydrogens is 322 g/mol. The summed E-state index contributed by atoms with van der Waals surface area (Å²) in [5.74, 6) is 0.812. The van der Waals surface area contributed by atoms with Crippen LogP contribution in [0.5, 0.6) is 11.5 Å². The summed E-state index contributed by atoms with van der Waals surface area (Å²) in [5, 5.41) is 10.1. The molecule has 1 aromatic carbocycles. The molecule has 3 heterocycles. The van der Waals surface area contributed by atoms with E-state index in [1.54, 1.807) is 30.5 Å². The summed E-state index contributed by atoms with van der Waals surface area (Å²) in [7, 11) is 1.46. The van der Waals surface area contributed by atoms with Gasteiger partial charge in [-0.05, 0) is 24.3 Å². The normalized spacial score (nSPS) is 15.2. The number of ether oxygens (including phenoxy) is 1. The summed E-state index contributed by atoms with van der Waals surface area (Å²) in [6.07, 6.45) is 1.58. The quantitative estimate of drug-likeness (QED) is 0.869. The Labute approximate surface area is 143 Å². The molecule has 3 N–H and O–H groups in total. The van der Waals surface area contributed by atoms with Gasteiger partial charge in [0.2, 0.25) is 0 Å².